The summed E-state index contributed by atoms with van der Waals surface area (Å²) in [5.74, 6) is 1.17. The van der Waals surface area contributed by atoms with Crippen LogP contribution < -0.4 is 30.9 Å². The Morgan fingerprint density at radius 2 is 1.70 bits per heavy atom. The molecule has 3 aliphatic rings. The standard InChI is InChI=1S/C49H59BrN11O4P/c1-7-32-27-39(54-49-51-29-36(50)47(56-49)53-38-14-13-37-35(12-11-30(2)52-37)46(38)66(5,6)64)43(65-4)28-42(32)60-21-18-34(19-22-60)59-25-23-58(24-26-59)20-17-33-9-8-10-40-45(33)31(3)57-61(40)41-15-16-44(62)55-48(41)63/h8-14,27-29,34,41H,7,15-26H2,1-6H3,(H,55,62,63)(H2,51,53,54,56). The molecule has 0 spiro atoms. The Kier molecular flexibility index (Phi) is 13.2. The third kappa shape index (κ3) is 9.42. The van der Waals surface area contributed by atoms with Crippen LogP contribution in [0.5, 0.6) is 5.75 Å². The summed E-state index contributed by atoms with van der Waals surface area (Å²) >= 11 is 3.63. The number of benzene rings is 3. The summed E-state index contributed by atoms with van der Waals surface area (Å²) in [6.45, 7) is 16.8. The van der Waals surface area contributed by atoms with Crippen molar-refractivity contribution in [3.05, 3.63) is 87.8 Å². The summed E-state index contributed by atoms with van der Waals surface area (Å²) in [7, 11) is -1.03. The van der Waals surface area contributed by atoms with Gasteiger partial charge in [-0.1, -0.05) is 25.1 Å². The molecule has 9 rings (SSSR count). The number of imide groups is 1. The molecule has 6 aromatic rings. The number of aryl methyl sites for hydroxylation is 3. The van der Waals surface area contributed by atoms with E-state index in [9.17, 15) is 14.2 Å². The first-order valence-electron chi connectivity index (χ1n) is 23.0. The van der Waals surface area contributed by atoms with Crippen molar-refractivity contribution in [1.82, 2.24) is 39.8 Å². The lowest BCUT2D eigenvalue weighted by Crippen LogP contribution is -2.53. The minimum absolute atomic E-state index is 0.216. The van der Waals surface area contributed by atoms with E-state index < -0.39 is 13.2 Å². The first kappa shape index (κ1) is 45.7. The molecule has 2 amide bonds. The third-order valence-electron chi connectivity index (χ3n) is 13.5. The molecule has 346 valence electrons. The van der Waals surface area contributed by atoms with E-state index in [2.05, 4.69) is 87.7 Å². The summed E-state index contributed by atoms with van der Waals surface area (Å²) in [5.41, 5.74) is 8.76. The quantitative estimate of drug-likeness (QED) is 0.0758. The molecule has 6 heterocycles. The number of aromatic nitrogens is 5. The van der Waals surface area contributed by atoms with E-state index in [-0.39, 0.29) is 11.8 Å². The highest BCUT2D eigenvalue weighted by Gasteiger charge is 2.32. The average molecular weight is 977 g/mol. The predicted molar refractivity (Wildman–Crippen MR) is 267 cm³/mol. The minimum Gasteiger partial charge on any atom is -0.494 e. The van der Waals surface area contributed by atoms with Crippen molar-refractivity contribution in [2.45, 2.75) is 71.4 Å². The van der Waals surface area contributed by atoms with Gasteiger partial charge in [0.15, 0.2) is 0 Å². The number of hydrogen-bond donors (Lipinski definition) is 3. The Bertz CT molecular complexity index is 2870. The van der Waals surface area contributed by atoms with Crippen molar-refractivity contribution in [1.29, 1.82) is 0 Å². The van der Waals surface area contributed by atoms with Crippen LogP contribution in [0.15, 0.2) is 65.3 Å². The maximum absolute atomic E-state index is 13.7. The van der Waals surface area contributed by atoms with Gasteiger partial charge in [0.25, 0.3) is 5.91 Å². The normalized spacial score (nSPS) is 18.0. The second-order valence-corrected chi connectivity index (χ2v) is 22.2. The van der Waals surface area contributed by atoms with E-state index in [1.54, 1.807) is 26.6 Å². The van der Waals surface area contributed by atoms with Crippen LogP contribution in [0.1, 0.15) is 61.2 Å². The largest absolute Gasteiger partial charge is 0.494 e. The third-order valence-corrected chi connectivity index (χ3v) is 15.6. The second kappa shape index (κ2) is 19.1. The van der Waals surface area contributed by atoms with Crippen molar-refractivity contribution in [3.8, 4) is 5.75 Å². The maximum Gasteiger partial charge on any atom is 0.251 e. The topological polar surface area (TPSA) is 163 Å². The Labute approximate surface area is 394 Å². The fourth-order valence-corrected chi connectivity index (χ4v) is 11.9. The molecule has 15 nitrogen and oxygen atoms in total. The lowest BCUT2D eigenvalue weighted by atomic mass is 9.99. The molecule has 1 atom stereocenters. The number of fused-ring (bicyclic) bond motifs is 2. The fourth-order valence-electron chi connectivity index (χ4n) is 10.1. The average Bonchev–Trinajstić information content (AvgIpc) is 3.65. The molecule has 3 fully saturated rings. The molecule has 0 bridgehead atoms. The first-order valence-corrected chi connectivity index (χ1v) is 26.4. The second-order valence-electron chi connectivity index (χ2n) is 18.2. The number of halogens is 1. The van der Waals surface area contributed by atoms with Crippen molar-refractivity contribution in [2.24, 2.45) is 0 Å². The number of anilines is 5. The van der Waals surface area contributed by atoms with Crippen LogP contribution >= 0.6 is 23.1 Å². The van der Waals surface area contributed by atoms with Crippen molar-refractivity contribution in [2.75, 3.05) is 81.8 Å². The van der Waals surface area contributed by atoms with Crippen LogP contribution in [0.25, 0.3) is 21.8 Å². The zero-order valence-corrected chi connectivity index (χ0v) is 41.1. The number of hydrogen-bond acceptors (Lipinski definition) is 13. The smallest absolute Gasteiger partial charge is 0.251 e. The highest BCUT2D eigenvalue weighted by atomic mass is 79.9. The lowest BCUT2D eigenvalue weighted by Gasteiger charge is -2.43. The summed E-state index contributed by atoms with van der Waals surface area (Å²) in [5, 5.41) is 16.9. The summed E-state index contributed by atoms with van der Waals surface area (Å²) in [6, 6.07) is 18.5. The van der Waals surface area contributed by atoms with Crippen LogP contribution in [0.3, 0.4) is 0 Å². The van der Waals surface area contributed by atoms with Gasteiger partial charge in [-0.2, -0.15) is 10.1 Å². The number of carbonyl (C=O) groups is 2. The minimum atomic E-state index is -2.73. The van der Waals surface area contributed by atoms with Gasteiger partial charge in [0.2, 0.25) is 11.9 Å². The molecule has 3 aromatic carbocycles. The number of methoxy groups -OCH3 is 1. The van der Waals surface area contributed by atoms with Gasteiger partial charge in [0.1, 0.15) is 24.8 Å². The number of nitrogens with one attached hydrogen (secondary N) is 3. The molecule has 3 N–H and O–H groups in total. The number of piperidine rings is 2. The molecule has 17 heteroatoms. The van der Waals surface area contributed by atoms with Gasteiger partial charge < -0.3 is 29.7 Å². The SMILES string of the molecule is CCc1cc(Nc2ncc(Br)c(Nc3ccc4nc(C)ccc4c3P(C)(C)=O)n2)c(OC)cc1N1CCC(N2CCN(CCc3cccc4c3c(C)nn4C3CCC(=O)NC3=O)CC2)CC1. The number of amides is 2. The van der Waals surface area contributed by atoms with E-state index in [0.29, 0.717) is 46.6 Å². The van der Waals surface area contributed by atoms with Gasteiger partial charge >= 0.3 is 0 Å². The van der Waals surface area contributed by atoms with Crippen LogP contribution in [-0.2, 0) is 27.0 Å². The van der Waals surface area contributed by atoms with Crippen molar-refractivity contribution >= 4 is 90.8 Å². The van der Waals surface area contributed by atoms with E-state index in [1.807, 2.05) is 48.9 Å². The number of piperazine rings is 1. The monoisotopic (exact) mass is 975 g/mol. The Balaban J connectivity index is 0.815. The number of pyridine rings is 1. The molecule has 0 aliphatic carbocycles. The van der Waals surface area contributed by atoms with Gasteiger partial charge in [-0.25, -0.2) is 4.98 Å². The molecule has 3 aromatic heterocycles. The summed E-state index contributed by atoms with van der Waals surface area (Å²) in [4.78, 5) is 46.4. The van der Waals surface area contributed by atoms with Crippen LogP contribution in [0.2, 0.25) is 0 Å². The molecule has 66 heavy (non-hydrogen) atoms. The van der Waals surface area contributed by atoms with Gasteiger partial charge in [0.05, 0.1) is 39.7 Å². The van der Waals surface area contributed by atoms with Gasteiger partial charge in [-0.3, -0.25) is 29.5 Å². The summed E-state index contributed by atoms with van der Waals surface area (Å²) in [6.07, 6.45) is 6.48. The Morgan fingerprint density at radius 1 is 0.909 bits per heavy atom. The zero-order chi connectivity index (χ0) is 46.3. The Hall–Kier alpha value is -5.41. The molecule has 3 aliphatic heterocycles. The van der Waals surface area contributed by atoms with E-state index >= 15 is 0 Å². The van der Waals surface area contributed by atoms with Crippen LogP contribution in [-0.4, -0.2) is 119 Å². The van der Waals surface area contributed by atoms with Crippen LogP contribution in [0.4, 0.5) is 28.8 Å². The molecule has 1 unspecified atom stereocenters. The number of nitrogens with zero attached hydrogens (tertiary/aromatic N) is 8. The van der Waals surface area contributed by atoms with Crippen molar-refractivity contribution in [3.63, 3.8) is 0 Å². The van der Waals surface area contributed by atoms with Crippen LogP contribution in [0, 0.1) is 13.8 Å². The number of rotatable bonds is 13. The molecule has 0 radical (unpaired) electrons. The molecular formula is C49H59BrN11O4P. The molecule has 0 saturated carbocycles. The van der Waals surface area contributed by atoms with E-state index in [4.69, 9.17) is 14.8 Å². The van der Waals surface area contributed by atoms with Gasteiger partial charge in [0, 0.05) is 98.0 Å². The maximum atomic E-state index is 13.7. The molecular weight excluding hydrogens is 917 g/mol. The van der Waals surface area contributed by atoms with Crippen molar-refractivity contribution < 1.29 is 18.9 Å². The summed E-state index contributed by atoms with van der Waals surface area (Å²) < 4.78 is 22.1. The fraction of sp³-hybridized carbons (Fsp3) is 0.429. The zero-order valence-electron chi connectivity index (χ0n) is 38.7. The highest BCUT2D eigenvalue weighted by Crippen LogP contribution is 2.42. The predicted octanol–water partition coefficient (Wildman–Crippen LogP) is 7.87. The number of carbonyl (C=O) groups excluding carboxylic acids is 2. The molecule has 3 saturated heterocycles. The van der Waals surface area contributed by atoms with E-state index in [1.165, 1.54) is 16.8 Å². The van der Waals surface area contributed by atoms with Gasteiger partial charge in [-0.15, -0.1) is 0 Å². The van der Waals surface area contributed by atoms with Gasteiger partial charge in [-0.05, 0) is 117 Å². The first-order chi connectivity index (χ1) is 31.8. The highest BCUT2D eigenvalue weighted by molar-refractivity contribution is 9.10. The lowest BCUT2D eigenvalue weighted by molar-refractivity contribution is -0.135. The van der Waals surface area contributed by atoms with E-state index in [0.717, 1.165) is 116 Å². The Morgan fingerprint density at radius 3 is 2.42 bits per heavy atom. The number of ether oxygens (including phenoxy) is 1.